The molecule has 0 aliphatic rings. The number of imidazole rings is 2. The molecule has 48 heavy (non-hydrogen) atoms. The van der Waals surface area contributed by atoms with Crippen molar-refractivity contribution in [3.05, 3.63) is 131 Å². The number of benzene rings is 4. The highest BCUT2D eigenvalue weighted by Crippen LogP contribution is 2.26. The minimum absolute atomic E-state index is 0.404. The smallest absolute Gasteiger partial charge is 0.256 e. The van der Waals surface area contributed by atoms with E-state index in [1.165, 1.54) is 9.80 Å². The standard InChI is InChI=1S/C38H36N6O4/c1-23(43(3)37(47)33(45)27-11-7-5-8-12-27)35-39-29-19-17-25(21-31(29)41-35)15-16-26-18-20-30-32(22-26)42-36(40-30)24(2)44(4)38(48)34(46)28-13-9-6-10-14-28/h5-14,17-24,33-34,45-46H,1-4H3,(H,39,41)(H,40,42)/t23-,24-,33?,34?/m0/s1. The van der Waals surface area contributed by atoms with Gasteiger partial charge in [-0.3, -0.25) is 9.59 Å². The second-order valence-electron chi connectivity index (χ2n) is 11.8. The number of carbonyl (C=O) groups is 2. The van der Waals surface area contributed by atoms with Crippen LogP contribution < -0.4 is 0 Å². The van der Waals surface area contributed by atoms with Crippen molar-refractivity contribution in [2.24, 2.45) is 0 Å². The van der Waals surface area contributed by atoms with Crippen molar-refractivity contribution in [2.45, 2.75) is 38.1 Å². The summed E-state index contributed by atoms with van der Waals surface area (Å²) in [7, 11) is 3.30. The number of nitrogens with one attached hydrogen (secondary N) is 2. The van der Waals surface area contributed by atoms with Gasteiger partial charge in [0.05, 0.1) is 34.2 Å². The number of aliphatic hydroxyl groups excluding tert-OH is 2. The molecule has 6 rings (SSSR count). The SMILES string of the molecule is C[C@@H](c1nc2ccc(C#Cc3ccc4nc([C@H](C)N(C)C(=O)C(O)c5ccccc5)[nH]c4c3)cc2[nH]1)N(C)C(=O)C(O)c1ccccc1. The minimum atomic E-state index is -1.26. The number of aromatic nitrogens is 4. The van der Waals surface area contributed by atoms with E-state index in [1.807, 2.05) is 62.4 Å². The second kappa shape index (κ2) is 13.5. The van der Waals surface area contributed by atoms with Crippen LogP contribution in [0.2, 0.25) is 0 Å². The van der Waals surface area contributed by atoms with Crippen LogP contribution in [0, 0.1) is 11.8 Å². The van der Waals surface area contributed by atoms with Gasteiger partial charge in [0.2, 0.25) is 0 Å². The Balaban J connectivity index is 1.15. The third kappa shape index (κ3) is 6.55. The third-order valence-corrected chi connectivity index (χ3v) is 8.70. The maximum atomic E-state index is 13.0. The fourth-order valence-electron chi connectivity index (χ4n) is 5.44. The van der Waals surface area contributed by atoms with Crippen LogP contribution in [0.3, 0.4) is 0 Å². The quantitative estimate of drug-likeness (QED) is 0.166. The van der Waals surface area contributed by atoms with Crippen molar-refractivity contribution in [2.75, 3.05) is 14.1 Å². The number of aliphatic hydroxyl groups is 2. The van der Waals surface area contributed by atoms with Gasteiger partial charge in [-0.15, -0.1) is 0 Å². The van der Waals surface area contributed by atoms with Gasteiger partial charge in [0.1, 0.15) is 11.6 Å². The molecule has 0 saturated heterocycles. The Bertz CT molecular complexity index is 2000. The van der Waals surface area contributed by atoms with E-state index >= 15 is 0 Å². The average Bonchev–Trinajstić information content (AvgIpc) is 3.76. The first kappa shape index (κ1) is 32.2. The molecule has 0 radical (unpaired) electrons. The first-order valence-corrected chi connectivity index (χ1v) is 15.6. The highest BCUT2D eigenvalue weighted by molar-refractivity contribution is 5.83. The first-order valence-electron chi connectivity index (χ1n) is 15.6. The minimum Gasteiger partial charge on any atom is -0.378 e. The van der Waals surface area contributed by atoms with Gasteiger partial charge in [0, 0.05) is 25.2 Å². The van der Waals surface area contributed by atoms with Crippen LogP contribution in [0.5, 0.6) is 0 Å². The van der Waals surface area contributed by atoms with Crippen LogP contribution in [0.25, 0.3) is 22.1 Å². The van der Waals surface area contributed by atoms with Gasteiger partial charge in [-0.2, -0.15) is 0 Å². The Morgan fingerprint density at radius 3 is 1.38 bits per heavy atom. The maximum Gasteiger partial charge on any atom is 0.256 e. The number of H-pyrrole nitrogens is 2. The van der Waals surface area contributed by atoms with Gasteiger partial charge in [0.15, 0.2) is 12.2 Å². The average molecular weight is 641 g/mol. The van der Waals surface area contributed by atoms with E-state index in [9.17, 15) is 19.8 Å². The summed E-state index contributed by atoms with van der Waals surface area (Å²) in [6, 6.07) is 28.3. The highest BCUT2D eigenvalue weighted by atomic mass is 16.3. The van der Waals surface area contributed by atoms with Crippen LogP contribution >= 0.6 is 0 Å². The summed E-state index contributed by atoms with van der Waals surface area (Å²) in [4.78, 5) is 44.9. The lowest BCUT2D eigenvalue weighted by atomic mass is 10.1. The number of fused-ring (bicyclic) bond motifs is 2. The molecule has 0 aliphatic carbocycles. The molecular formula is C38H36N6O4. The molecule has 242 valence electrons. The normalized spacial score (nSPS) is 13.7. The maximum absolute atomic E-state index is 13.0. The summed E-state index contributed by atoms with van der Waals surface area (Å²) < 4.78 is 0. The number of hydrogen-bond acceptors (Lipinski definition) is 6. The fourth-order valence-corrected chi connectivity index (χ4v) is 5.44. The Morgan fingerprint density at radius 2 is 1.00 bits per heavy atom. The summed E-state index contributed by atoms with van der Waals surface area (Å²) in [6.45, 7) is 3.71. The summed E-state index contributed by atoms with van der Waals surface area (Å²) in [6.07, 6.45) is -2.52. The van der Waals surface area contributed by atoms with Crippen LogP contribution in [0.4, 0.5) is 0 Å². The Morgan fingerprint density at radius 1 is 0.625 bits per heavy atom. The van der Waals surface area contributed by atoms with Gasteiger partial charge < -0.3 is 30.0 Å². The van der Waals surface area contributed by atoms with Crippen molar-refractivity contribution in [3.8, 4) is 11.8 Å². The number of aromatic amines is 2. The van der Waals surface area contributed by atoms with E-state index in [0.717, 1.165) is 33.2 Å². The van der Waals surface area contributed by atoms with E-state index in [4.69, 9.17) is 0 Å². The van der Waals surface area contributed by atoms with E-state index in [1.54, 1.807) is 62.6 Å². The fraction of sp³-hybridized carbons (Fsp3) is 0.211. The predicted molar refractivity (Wildman–Crippen MR) is 183 cm³/mol. The molecule has 4 aromatic carbocycles. The molecule has 2 unspecified atom stereocenters. The van der Waals surface area contributed by atoms with Crippen molar-refractivity contribution < 1.29 is 19.8 Å². The van der Waals surface area contributed by atoms with Gasteiger partial charge in [-0.05, 0) is 61.4 Å². The van der Waals surface area contributed by atoms with Crippen LogP contribution in [0.1, 0.15) is 72.0 Å². The third-order valence-electron chi connectivity index (χ3n) is 8.70. The van der Waals surface area contributed by atoms with E-state index in [2.05, 4.69) is 31.8 Å². The van der Waals surface area contributed by atoms with Crippen molar-refractivity contribution >= 4 is 33.9 Å². The summed E-state index contributed by atoms with van der Waals surface area (Å²) >= 11 is 0. The zero-order valence-electron chi connectivity index (χ0n) is 27.0. The lowest BCUT2D eigenvalue weighted by Gasteiger charge is -2.25. The van der Waals surface area contributed by atoms with Crippen LogP contribution in [-0.2, 0) is 9.59 Å². The van der Waals surface area contributed by atoms with Crippen molar-refractivity contribution in [3.63, 3.8) is 0 Å². The Hall–Kier alpha value is -5.76. The summed E-state index contributed by atoms with van der Waals surface area (Å²) in [5.41, 5.74) is 5.69. The van der Waals surface area contributed by atoms with Gasteiger partial charge in [0.25, 0.3) is 11.8 Å². The summed E-state index contributed by atoms with van der Waals surface area (Å²) in [5.74, 6) is 6.79. The van der Waals surface area contributed by atoms with Crippen LogP contribution in [0.15, 0.2) is 97.1 Å². The summed E-state index contributed by atoms with van der Waals surface area (Å²) in [5, 5.41) is 21.2. The molecule has 10 heteroatoms. The van der Waals surface area contributed by atoms with Crippen molar-refractivity contribution in [1.29, 1.82) is 0 Å². The molecule has 2 aromatic heterocycles. The largest absolute Gasteiger partial charge is 0.378 e. The number of carbonyl (C=O) groups excluding carboxylic acids is 2. The molecular weight excluding hydrogens is 604 g/mol. The number of rotatable bonds is 8. The van der Waals surface area contributed by atoms with E-state index < -0.39 is 36.1 Å². The number of nitrogens with zero attached hydrogens (tertiary/aromatic N) is 4. The lowest BCUT2D eigenvalue weighted by Crippen LogP contribution is -2.34. The number of hydrogen-bond donors (Lipinski definition) is 4. The predicted octanol–water partition coefficient (Wildman–Crippen LogP) is 5.35. The van der Waals surface area contributed by atoms with E-state index in [0.29, 0.717) is 22.8 Å². The van der Waals surface area contributed by atoms with Gasteiger partial charge in [-0.1, -0.05) is 72.5 Å². The Labute approximate surface area is 278 Å². The molecule has 2 amide bonds. The Kier molecular flexibility index (Phi) is 9.08. The monoisotopic (exact) mass is 640 g/mol. The molecule has 2 heterocycles. The molecule has 10 nitrogen and oxygen atoms in total. The molecule has 0 saturated carbocycles. The second-order valence-corrected chi connectivity index (χ2v) is 11.8. The number of likely N-dealkylation sites (N-methyl/N-ethyl adjacent to an activating group) is 2. The molecule has 6 aromatic rings. The first-order chi connectivity index (χ1) is 23.1. The van der Waals surface area contributed by atoms with Crippen molar-refractivity contribution in [1.82, 2.24) is 29.7 Å². The molecule has 4 N–H and O–H groups in total. The topological polar surface area (TPSA) is 138 Å². The zero-order valence-corrected chi connectivity index (χ0v) is 27.0. The van der Waals surface area contributed by atoms with E-state index in [-0.39, 0.29) is 0 Å². The van der Waals surface area contributed by atoms with Gasteiger partial charge >= 0.3 is 0 Å². The lowest BCUT2D eigenvalue weighted by molar-refractivity contribution is -0.141. The number of amides is 2. The molecule has 0 fully saturated rings. The molecule has 4 atom stereocenters. The molecule has 0 bridgehead atoms. The highest BCUT2D eigenvalue weighted by Gasteiger charge is 2.28. The van der Waals surface area contributed by atoms with Crippen LogP contribution in [-0.4, -0.2) is 65.9 Å². The molecule has 0 aliphatic heterocycles. The molecule has 0 spiro atoms. The zero-order chi connectivity index (χ0) is 33.9. The van der Waals surface area contributed by atoms with Gasteiger partial charge in [-0.25, -0.2) is 9.97 Å².